The van der Waals surface area contributed by atoms with E-state index < -0.39 is 15.3 Å². The number of nitrogens with two attached hydrogens (primary N) is 1. The minimum Gasteiger partial charge on any atom is -0.323 e. The molecule has 1 heterocycles. The van der Waals surface area contributed by atoms with E-state index in [1.165, 1.54) is 12.3 Å². The highest BCUT2D eigenvalue weighted by molar-refractivity contribution is 7.90. The Morgan fingerprint density at radius 1 is 1.32 bits per heavy atom. The quantitative estimate of drug-likeness (QED) is 0.830. The maximum absolute atomic E-state index is 12.8. The van der Waals surface area contributed by atoms with Crippen LogP contribution in [0.25, 0.3) is 0 Å². The summed E-state index contributed by atoms with van der Waals surface area (Å²) in [7, 11) is -3.71. The molecule has 22 heavy (non-hydrogen) atoms. The van der Waals surface area contributed by atoms with Crippen molar-refractivity contribution in [1.82, 2.24) is 9.19 Å². The number of rotatable bonds is 6. The summed E-state index contributed by atoms with van der Waals surface area (Å²) >= 11 is 0. The Hall–Kier alpha value is -1.92. The van der Waals surface area contributed by atoms with Gasteiger partial charge in [-0.3, -0.25) is 0 Å². The molecule has 118 valence electrons. The lowest BCUT2D eigenvalue weighted by molar-refractivity contribution is 0.570. The van der Waals surface area contributed by atoms with E-state index >= 15 is 0 Å². The Balaban J connectivity index is 2.40. The van der Waals surface area contributed by atoms with Crippen molar-refractivity contribution in [3.63, 3.8) is 0 Å². The SMILES string of the molecule is C=CC(c1ccc(C)cc1)S(=O)(=O)n1ccc([C@@H](N)CC)n1. The maximum atomic E-state index is 12.8. The summed E-state index contributed by atoms with van der Waals surface area (Å²) in [5.41, 5.74) is 8.20. The second-order valence-electron chi connectivity index (χ2n) is 5.24. The van der Waals surface area contributed by atoms with Crippen LogP contribution < -0.4 is 5.73 Å². The third-order valence-electron chi connectivity index (χ3n) is 3.61. The van der Waals surface area contributed by atoms with E-state index in [9.17, 15) is 8.42 Å². The molecule has 2 atom stereocenters. The van der Waals surface area contributed by atoms with Crippen LogP contribution in [0.3, 0.4) is 0 Å². The molecule has 2 N–H and O–H groups in total. The van der Waals surface area contributed by atoms with Crippen LogP contribution >= 0.6 is 0 Å². The van der Waals surface area contributed by atoms with E-state index in [0.717, 1.165) is 9.65 Å². The van der Waals surface area contributed by atoms with Gasteiger partial charge in [-0.1, -0.05) is 42.8 Å². The molecule has 0 radical (unpaired) electrons. The molecule has 0 fully saturated rings. The van der Waals surface area contributed by atoms with Crippen LogP contribution in [0.15, 0.2) is 49.2 Å². The van der Waals surface area contributed by atoms with Crippen molar-refractivity contribution < 1.29 is 8.42 Å². The second kappa shape index (κ2) is 6.46. The predicted molar refractivity (Wildman–Crippen MR) is 87.9 cm³/mol. The molecule has 1 aromatic heterocycles. The Bertz CT molecular complexity index is 748. The normalized spacial score (nSPS) is 14.5. The Kier molecular flexibility index (Phi) is 4.83. The zero-order valence-electron chi connectivity index (χ0n) is 12.8. The minimum atomic E-state index is -3.71. The summed E-state index contributed by atoms with van der Waals surface area (Å²) in [5, 5.41) is 3.27. The lowest BCUT2D eigenvalue weighted by Crippen LogP contribution is -2.21. The van der Waals surface area contributed by atoms with E-state index in [4.69, 9.17) is 5.73 Å². The molecule has 1 unspecified atom stereocenters. The van der Waals surface area contributed by atoms with Gasteiger partial charge in [0.2, 0.25) is 0 Å². The summed E-state index contributed by atoms with van der Waals surface area (Å²) in [4.78, 5) is 0. The fourth-order valence-electron chi connectivity index (χ4n) is 2.17. The molecule has 0 aliphatic rings. The van der Waals surface area contributed by atoms with E-state index in [1.807, 2.05) is 26.0 Å². The lowest BCUT2D eigenvalue weighted by atomic mass is 10.1. The van der Waals surface area contributed by atoms with Crippen LogP contribution in [0.2, 0.25) is 0 Å². The molecule has 6 heteroatoms. The second-order valence-corrected chi connectivity index (χ2v) is 7.15. The molecule has 0 saturated carbocycles. The minimum absolute atomic E-state index is 0.266. The van der Waals surface area contributed by atoms with E-state index in [1.54, 1.807) is 18.2 Å². The fraction of sp³-hybridized carbons (Fsp3) is 0.312. The molecule has 0 amide bonds. The zero-order chi connectivity index (χ0) is 16.3. The first-order chi connectivity index (χ1) is 10.4. The molecule has 2 rings (SSSR count). The summed E-state index contributed by atoms with van der Waals surface area (Å²) in [5.74, 6) is 0. The average Bonchev–Trinajstić information content (AvgIpc) is 2.99. The fourth-order valence-corrected chi connectivity index (χ4v) is 3.59. The molecule has 0 aliphatic heterocycles. The van der Waals surface area contributed by atoms with E-state index in [2.05, 4.69) is 11.7 Å². The van der Waals surface area contributed by atoms with Gasteiger partial charge < -0.3 is 5.73 Å². The van der Waals surface area contributed by atoms with E-state index in [-0.39, 0.29) is 6.04 Å². The van der Waals surface area contributed by atoms with Gasteiger partial charge in [-0.15, -0.1) is 6.58 Å². The van der Waals surface area contributed by atoms with Gasteiger partial charge in [0.25, 0.3) is 10.0 Å². The number of aromatic nitrogens is 2. The maximum Gasteiger partial charge on any atom is 0.264 e. The summed E-state index contributed by atoms with van der Waals surface area (Å²) < 4.78 is 26.5. The predicted octanol–water partition coefficient (Wildman–Crippen LogP) is 2.71. The first kappa shape index (κ1) is 16.5. The van der Waals surface area contributed by atoms with Gasteiger partial charge in [0, 0.05) is 12.2 Å². The van der Waals surface area contributed by atoms with Crippen LogP contribution in [0, 0.1) is 6.92 Å². The van der Waals surface area contributed by atoms with Crippen LogP contribution in [-0.2, 0) is 10.0 Å². The van der Waals surface area contributed by atoms with Crippen LogP contribution in [0.4, 0.5) is 0 Å². The van der Waals surface area contributed by atoms with Crippen molar-refractivity contribution in [2.75, 3.05) is 0 Å². The highest BCUT2D eigenvalue weighted by Crippen LogP contribution is 2.26. The summed E-state index contributed by atoms with van der Waals surface area (Å²) in [6, 6.07) is 8.72. The van der Waals surface area contributed by atoms with Gasteiger partial charge in [0.15, 0.2) is 0 Å². The lowest BCUT2D eigenvalue weighted by Gasteiger charge is -2.14. The first-order valence-electron chi connectivity index (χ1n) is 7.14. The largest absolute Gasteiger partial charge is 0.323 e. The van der Waals surface area contributed by atoms with Gasteiger partial charge in [-0.05, 0) is 25.0 Å². The van der Waals surface area contributed by atoms with Crippen molar-refractivity contribution in [3.05, 3.63) is 66.0 Å². The number of hydrogen-bond donors (Lipinski definition) is 1. The molecule has 0 spiro atoms. The highest BCUT2D eigenvalue weighted by Gasteiger charge is 2.27. The van der Waals surface area contributed by atoms with Gasteiger partial charge in [-0.25, -0.2) is 8.42 Å². The third kappa shape index (κ3) is 3.13. The van der Waals surface area contributed by atoms with Crippen LogP contribution in [0.5, 0.6) is 0 Å². The van der Waals surface area contributed by atoms with Gasteiger partial charge in [-0.2, -0.15) is 9.19 Å². The number of hydrogen-bond acceptors (Lipinski definition) is 4. The summed E-state index contributed by atoms with van der Waals surface area (Å²) in [6.45, 7) is 7.54. The number of aryl methyl sites for hydroxylation is 1. The standard InChI is InChI=1S/C16H21N3O2S/c1-4-14(17)15-10-11-19(18-15)22(20,21)16(5-2)13-8-6-12(3)7-9-13/h5-11,14,16H,2,4,17H2,1,3H3/t14-,16?/m0/s1. The topological polar surface area (TPSA) is 78.0 Å². The average molecular weight is 319 g/mol. The molecule has 2 aromatic rings. The van der Waals surface area contributed by atoms with E-state index in [0.29, 0.717) is 17.7 Å². The van der Waals surface area contributed by atoms with Gasteiger partial charge >= 0.3 is 0 Å². The monoisotopic (exact) mass is 319 g/mol. The number of nitrogens with zero attached hydrogens (tertiary/aromatic N) is 2. The van der Waals surface area contributed by atoms with Crippen molar-refractivity contribution in [3.8, 4) is 0 Å². The molecule has 5 nitrogen and oxygen atoms in total. The zero-order valence-corrected chi connectivity index (χ0v) is 13.6. The molecular formula is C16H21N3O2S. The van der Waals surface area contributed by atoms with Crippen molar-refractivity contribution in [2.24, 2.45) is 5.73 Å². The van der Waals surface area contributed by atoms with Crippen molar-refractivity contribution in [1.29, 1.82) is 0 Å². The molecular weight excluding hydrogens is 298 g/mol. The van der Waals surface area contributed by atoms with Gasteiger partial charge in [0.1, 0.15) is 5.25 Å². The molecule has 1 aromatic carbocycles. The Labute approximate surface area is 131 Å². The van der Waals surface area contributed by atoms with Crippen LogP contribution in [0.1, 0.15) is 41.5 Å². The molecule has 0 bridgehead atoms. The van der Waals surface area contributed by atoms with Crippen LogP contribution in [-0.4, -0.2) is 17.6 Å². The molecule has 0 aliphatic carbocycles. The summed E-state index contributed by atoms with van der Waals surface area (Å²) in [6.07, 6.45) is 3.55. The Morgan fingerprint density at radius 2 is 1.95 bits per heavy atom. The highest BCUT2D eigenvalue weighted by atomic mass is 32.2. The van der Waals surface area contributed by atoms with Gasteiger partial charge in [0.05, 0.1) is 5.69 Å². The Morgan fingerprint density at radius 3 is 2.50 bits per heavy atom. The number of benzene rings is 1. The molecule has 0 saturated heterocycles. The van der Waals surface area contributed by atoms with Crippen molar-refractivity contribution in [2.45, 2.75) is 31.6 Å². The first-order valence-corrected chi connectivity index (χ1v) is 8.65. The third-order valence-corrected chi connectivity index (χ3v) is 5.44. The van der Waals surface area contributed by atoms with Crippen molar-refractivity contribution >= 4 is 10.0 Å². The smallest absolute Gasteiger partial charge is 0.264 e.